The van der Waals surface area contributed by atoms with Crippen LogP contribution in [-0.4, -0.2) is 46.1 Å². The van der Waals surface area contributed by atoms with Crippen LogP contribution in [0.5, 0.6) is 5.75 Å². The Morgan fingerprint density at radius 2 is 1.90 bits per heavy atom. The highest BCUT2D eigenvalue weighted by atomic mass is 32.2. The zero-order valence-corrected chi connectivity index (χ0v) is 17.5. The van der Waals surface area contributed by atoms with Crippen LogP contribution >= 0.6 is 0 Å². The van der Waals surface area contributed by atoms with Gasteiger partial charge in [-0.1, -0.05) is 17.7 Å². The third-order valence-corrected chi connectivity index (χ3v) is 6.60. The van der Waals surface area contributed by atoms with E-state index in [0.29, 0.717) is 29.5 Å². The molecule has 1 fully saturated rings. The fraction of sp³-hybridized carbons (Fsp3) is 0.409. The third kappa shape index (κ3) is 6.29. The highest BCUT2D eigenvalue weighted by Crippen LogP contribution is 2.18. The van der Waals surface area contributed by atoms with E-state index in [1.807, 2.05) is 19.1 Å². The van der Waals surface area contributed by atoms with Crippen molar-refractivity contribution in [2.24, 2.45) is 5.92 Å². The first-order valence-corrected chi connectivity index (χ1v) is 11.4. The zero-order valence-electron chi connectivity index (χ0n) is 16.7. The maximum absolute atomic E-state index is 12.5. The molecule has 2 aromatic rings. The predicted molar refractivity (Wildman–Crippen MR) is 112 cm³/mol. The normalized spacial score (nSPS) is 17.6. The van der Waals surface area contributed by atoms with Crippen molar-refractivity contribution >= 4 is 10.0 Å². The number of nitrogens with one attached hydrogen (secondary N) is 1. The number of nitrogens with zero attached hydrogens (tertiary/aromatic N) is 2. The molecule has 7 heteroatoms. The molecule has 29 heavy (non-hydrogen) atoms. The summed E-state index contributed by atoms with van der Waals surface area (Å²) in [7, 11) is -3.47. The van der Waals surface area contributed by atoms with Crippen molar-refractivity contribution in [1.82, 2.24) is 9.62 Å². The molecule has 154 valence electrons. The molecule has 0 bridgehead atoms. The molecule has 1 N–H and O–H groups in total. The van der Waals surface area contributed by atoms with Gasteiger partial charge in [0.15, 0.2) is 0 Å². The molecule has 1 aliphatic rings. The van der Waals surface area contributed by atoms with Crippen LogP contribution in [0.1, 0.15) is 24.0 Å². The largest absolute Gasteiger partial charge is 0.492 e. The van der Waals surface area contributed by atoms with Gasteiger partial charge in [0.2, 0.25) is 10.0 Å². The predicted octanol–water partition coefficient (Wildman–Crippen LogP) is 2.94. The number of hydrogen-bond donors (Lipinski definition) is 1. The average Bonchev–Trinajstić information content (AvgIpc) is 2.73. The molecule has 1 unspecified atom stereocenters. The van der Waals surface area contributed by atoms with E-state index in [-0.39, 0.29) is 0 Å². The summed E-state index contributed by atoms with van der Waals surface area (Å²) in [5.41, 5.74) is 1.65. The molecule has 0 amide bonds. The minimum atomic E-state index is -3.47. The summed E-state index contributed by atoms with van der Waals surface area (Å²) in [5.74, 6) is 1.04. The Morgan fingerprint density at radius 1 is 1.17 bits per heavy atom. The van der Waals surface area contributed by atoms with Gasteiger partial charge >= 0.3 is 0 Å². The lowest BCUT2D eigenvalue weighted by atomic mass is 9.98. The molecule has 3 rings (SSSR count). The van der Waals surface area contributed by atoms with Gasteiger partial charge in [0.05, 0.1) is 16.5 Å². The van der Waals surface area contributed by atoms with Crippen LogP contribution in [0.2, 0.25) is 0 Å². The number of sulfonamides is 1. The SMILES string of the molecule is Cc1ccc(S(=O)(=O)NCC2CCCN(CCOc3ccc(C#N)cc3)C2)cc1. The minimum absolute atomic E-state index is 0.291. The van der Waals surface area contributed by atoms with Gasteiger partial charge in [0.1, 0.15) is 12.4 Å². The van der Waals surface area contributed by atoms with Crippen molar-refractivity contribution < 1.29 is 13.2 Å². The number of ether oxygens (including phenoxy) is 1. The Hall–Kier alpha value is -2.40. The number of nitriles is 1. The van der Waals surface area contributed by atoms with Crippen LogP contribution in [0.15, 0.2) is 53.4 Å². The van der Waals surface area contributed by atoms with Gasteiger partial charge in [-0.25, -0.2) is 13.1 Å². The molecule has 0 aliphatic carbocycles. The van der Waals surface area contributed by atoms with E-state index in [4.69, 9.17) is 10.00 Å². The van der Waals surface area contributed by atoms with Gasteiger partial charge in [-0.3, -0.25) is 4.90 Å². The molecule has 1 saturated heterocycles. The maximum Gasteiger partial charge on any atom is 0.240 e. The minimum Gasteiger partial charge on any atom is -0.492 e. The van der Waals surface area contributed by atoms with Crippen molar-refractivity contribution in [2.75, 3.05) is 32.8 Å². The van der Waals surface area contributed by atoms with Gasteiger partial charge < -0.3 is 4.74 Å². The Morgan fingerprint density at radius 3 is 2.59 bits per heavy atom. The van der Waals surface area contributed by atoms with Crippen LogP contribution in [0.4, 0.5) is 0 Å². The molecular formula is C22H27N3O3S. The number of benzene rings is 2. The lowest BCUT2D eigenvalue weighted by Gasteiger charge is -2.32. The Labute approximate surface area is 173 Å². The van der Waals surface area contributed by atoms with Crippen LogP contribution in [0.3, 0.4) is 0 Å². The van der Waals surface area contributed by atoms with Crippen LogP contribution < -0.4 is 9.46 Å². The van der Waals surface area contributed by atoms with Crippen molar-refractivity contribution in [3.8, 4) is 11.8 Å². The standard InChI is InChI=1S/C22H27N3O3S/c1-18-4-10-22(11-5-18)29(26,27)24-16-20-3-2-12-25(17-20)13-14-28-21-8-6-19(15-23)7-9-21/h4-11,20,24H,2-3,12-14,16-17H2,1H3. The second-order valence-electron chi connectivity index (χ2n) is 7.46. The van der Waals surface area contributed by atoms with Gasteiger partial charge in [-0.15, -0.1) is 0 Å². The highest BCUT2D eigenvalue weighted by Gasteiger charge is 2.22. The second-order valence-corrected chi connectivity index (χ2v) is 9.23. The average molecular weight is 414 g/mol. The number of aryl methyl sites for hydroxylation is 1. The summed E-state index contributed by atoms with van der Waals surface area (Å²) in [6.07, 6.45) is 2.07. The molecule has 1 heterocycles. The van der Waals surface area contributed by atoms with Gasteiger partial charge in [-0.2, -0.15) is 5.26 Å². The lowest BCUT2D eigenvalue weighted by Crippen LogP contribution is -2.42. The monoisotopic (exact) mass is 413 g/mol. The van der Waals surface area contributed by atoms with Gasteiger partial charge in [0, 0.05) is 19.6 Å². The second kappa shape index (κ2) is 9.88. The molecular weight excluding hydrogens is 386 g/mol. The molecule has 0 saturated carbocycles. The number of rotatable bonds is 8. The Bertz CT molecular complexity index is 935. The van der Waals surface area contributed by atoms with E-state index in [0.717, 1.165) is 43.8 Å². The fourth-order valence-electron chi connectivity index (χ4n) is 3.47. The first-order chi connectivity index (χ1) is 14.0. The van der Waals surface area contributed by atoms with Gasteiger partial charge in [0.25, 0.3) is 0 Å². The first kappa shape index (κ1) is 21.3. The van der Waals surface area contributed by atoms with Crippen molar-refractivity contribution in [3.63, 3.8) is 0 Å². The lowest BCUT2D eigenvalue weighted by molar-refractivity contribution is 0.148. The highest BCUT2D eigenvalue weighted by molar-refractivity contribution is 7.89. The topological polar surface area (TPSA) is 82.4 Å². The van der Waals surface area contributed by atoms with E-state index in [9.17, 15) is 8.42 Å². The van der Waals surface area contributed by atoms with E-state index in [1.165, 1.54) is 0 Å². The summed E-state index contributed by atoms with van der Waals surface area (Å²) in [4.78, 5) is 2.63. The van der Waals surface area contributed by atoms with Gasteiger partial charge in [-0.05, 0) is 68.6 Å². The van der Waals surface area contributed by atoms with Crippen LogP contribution in [-0.2, 0) is 10.0 Å². The molecule has 0 radical (unpaired) electrons. The van der Waals surface area contributed by atoms with E-state index in [1.54, 1.807) is 36.4 Å². The van der Waals surface area contributed by atoms with Crippen molar-refractivity contribution in [1.29, 1.82) is 5.26 Å². The van der Waals surface area contributed by atoms with E-state index < -0.39 is 10.0 Å². The van der Waals surface area contributed by atoms with E-state index in [2.05, 4.69) is 15.7 Å². The summed E-state index contributed by atoms with van der Waals surface area (Å²) < 4.78 is 33.5. The van der Waals surface area contributed by atoms with Crippen molar-refractivity contribution in [3.05, 3.63) is 59.7 Å². The van der Waals surface area contributed by atoms with Crippen molar-refractivity contribution in [2.45, 2.75) is 24.7 Å². The summed E-state index contributed by atoms with van der Waals surface area (Å²) >= 11 is 0. The molecule has 0 spiro atoms. The van der Waals surface area contributed by atoms with Crippen LogP contribution in [0, 0.1) is 24.2 Å². The first-order valence-electron chi connectivity index (χ1n) is 9.88. The van der Waals surface area contributed by atoms with E-state index >= 15 is 0 Å². The number of hydrogen-bond acceptors (Lipinski definition) is 5. The molecule has 6 nitrogen and oxygen atoms in total. The Balaban J connectivity index is 1.44. The third-order valence-electron chi connectivity index (χ3n) is 5.16. The summed E-state index contributed by atoms with van der Waals surface area (Å²) in [6, 6.07) is 16.1. The molecule has 1 atom stereocenters. The maximum atomic E-state index is 12.5. The molecule has 0 aromatic heterocycles. The smallest absolute Gasteiger partial charge is 0.240 e. The summed E-state index contributed by atoms with van der Waals surface area (Å²) in [6.45, 7) is 5.59. The fourth-order valence-corrected chi connectivity index (χ4v) is 4.58. The summed E-state index contributed by atoms with van der Waals surface area (Å²) in [5, 5.41) is 8.83. The quantitative estimate of drug-likeness (QED) is 0.719. The molecule has 2 aromatic carbocycles. The molecule has 1 aliphatic heterocycles. The number of piperidine rings is 1. The number of likely N-dealkylation sites (tertiary alicyclic amines) is 1. The van der Waals surface area contributed by atoms with Crippen LogP contribution in [0.25, 0.3) is 0 Å². The zero-order chi connectivity index (χ0) is 20.7. The Kier molecular flexibility index (Phi) is 7.26.